The minimum absolute atomic E-state index is 0.0426. The van der Waals surface area contributed by atoms with Crippen LogP contribution in [-0.2, 0) is 14.2 Å². The van der Waals surface area contributed by atoms with Gasteiger partial charge in [0.15, 0.2) is 6.10 Å². The summed E-state index contributed by atoms with van der Waals surface area (Å²) in [5.74, 6) is -0.567. The van der Waals surface area contributed by atoms with E-state index in [1.54, 1.807) is 48.5 Å². The summed E-state index contributed by atoms with van der Waals surface area (Å²) in [5, 5.41) is 0. The van der Waals surface area contributed by atoms with Gasteiger partial charge < -0.3 is 14.2 Å². The smallest absolute Gasteiger partial charge is 0.340 e. The number of carbonyl (C=O) groups excluding carboxylic acids is 2. The Bertz CT molecular complexity index is 835. The van der Waals surface area contributed by atoms with E-state index in [1.807, 2.05) is 19.1 Å². The quantitative estimate of drug-likeness (QED) is 0.619. The van der Waals surface area contributed by atoms with Gasteiger partial charge in [0.1, 0.15) is 0 Å². The second-order valence-electron chi connectivity index (χ2n) is 8.08. The third kappa shape index (κ3) is 4.90. The molecule has 1 aliphatic heterocycles. The summed E-state index contributed by atoms with van der Waals surface area (Å²) in [4.78, 5) is 25.4. The van der Waals surface area contributed by atoms with Gasteiger partial charge in [-0.05, 0) is 36.1 Å². The molecule has 30 heavy (non-hydrogen) atoms. The molecule has 1 fully saturated rings. The molecular formula is C25H30O5. The Labute approximate surface area is 178 Å². The average Bonchev–Trinajstić information content (AvgIpc) is 2.79. The van der Waals surface area contributed by atoms with Crippen molar-refractivity contribution < 1.29 is 23.8 Å². The zero-order valence-electron chi connectivity index (χ0n) is 18.0. The number of ether oxygens (including phenoxy) is 3. The summed E-state index contributed by atoms with van der Waals surface area (Å²) in [6, 6.07) is 17.6. The van der Waals surface area contributed by atoms with E-state index >= 15 is 0 Å². The third-order valence-corrected chi connectivity index (χ3v) is 6.12. The molecule has 6 atom stereocenters. The highest BCUT2D eigenvalue weighted by molar-refractivity contribution is 5.90. The van der Waals surface area contributed by atoms with Crippen LogP contribution in [0.3, 0.4) is 0 Å². The number of hydrogen-bond acceptors (Lipinski definition) is 5. The Morgan fingerprint density at radius 3 is 1.87 bits per heavy atom. The van der Waals surface area contributed by atoms with Crippen LogP contribution in [0.2, 0.25) is 0 Å². The van der Waals surface area contributed by atoms with Gasteiger partial charge in [-0.2, -0.15) is 0 Å². The topological polar surface area (TPSA) is 61.8 Å². The Hall–Kier alpha value is -2.66. The molecule has 0 N–H and O–H groups in total. The van der Waals surface area contributed by atoms with Crippen molar-refractivity contribution in [2.24, 2.45) is 17.8 Å². The molecule has 0 aromatic heterocycles. The van der Waals surface area contributed by atoms with E-state index in [0.717, 1.165) is 6.42 Å². The highest BCUT2D eigenvalue weighted by Gasteiger charge is 2.47. The van der Waals surface area contributed by atoms with Gasteiger partial charge >= 0.3 is 11.9 Å². The lowest BCUT2D eigenvalue weighted by Gasteiger charge is -2.45. The van der Waals surface area contributed by atoms with Gasteiger partial charge in [0.25, 0.3) is 0 Å². The van der Waals surface area contributed by atoms with E-state index in [4.69, 9.17) is 14.2 Å². The summed E-state index contributed by atoms with van der Waals surface area (Å²) in [6.45, 7) is 8.35. The molecule has 1 aliphatic rings. The van der Waals surface area contributed by atoms with Crippen LogP contribution in [-0.4, -0.2) is 30.4 Å². The molecule has 1 saturated heterocycles. The Balaban J connectivity index is 1.84. The largest absolute Gasteiger partial charge is 0.452 e. The van der Waals surface area contributed by atoms with E-state index in [-0.39, 0.29) is 23.9 Å². The highest BCUT2D eigenvalue weighted by atomic mass is 16.7. The number of benzene rings is 2. The maximum Gasteiger partial charge on any atom is 0.340 e. The first-order valence-corrected chi connectivity index (χ1v) is 10.6. The number of esters is 2. The molecule has 1 heterocycles. The minimum atomic E-state index is -0.962. The van der Waals surface area contributed by atoms with Gasteiger partial charge in [-0.1, -0.05) is 70.5 Å². The molecule has 5 nitrogen and oxygen atoms in total. The molecule has 2 aromatic carbocycles. The molecular weight excluding hydrogens is 380 g/mol. The fourth-order valence-corrected chi connectivity index (χ4v) is 3.86. The predicted octanol–water partition coefficient (Wildman–Crippen LogP) is 5.11. The summed E-state index contributed by atoms with van der Waals surface area (Å²) < 4.78 is 17.8. The summed E-state index contributed by atoms with van der Waals surface area (Å²) in [7, 11) is 0. The van der Waals surface area contributed by atoms with Crippen LogP contribution in [0.15, 0.2) is 60.7 Å². The van der Waals surface area contributed by atoms with E-state index < -0.39 is 24.3 Å². The van der Waals surface area contributed by atoms with Crippen molar-refractivity contribution in [3.8, 4) is 0 Å². The van der Waals surface area contributed by atoms with Crippen LogP contribution in [0.5, 0.6) is 0 Å². The maximum atomic E-state index is 12.7. The van der Waals surface area contributed by atoms with Crippen molar-refractivity contribution in [3.63, 3.8) is 0 Å². The molecule has 3 unspecified atom stereocenters. The van der Waals surface area contributed by atoms with Gasteiger partial charge in [-0.25, -0.2) is 9.59 Å². The minimum Gasteiger partial charge on any atom is -0.452 e. The predicted molar refractivity (Wildman–Crippen MR) is 114 cm³/mol. The van der Waals surface area contributed by atoms with Gasteiger partial charge in [0.2, 0.25) is 6.29 Å². The third-order valence-electron chi connectivity index (χ3n) is 6.12. The molecule has 0 aliphatic carbocycles. The molecule has 0 radical (unpaired) electrons. The molecule has 0 amide bonds. The van der Waals surface area contributed by atoms with E-state index in [0.29, 0.717) is 11.1 Å². The highest BCUT2D eigenvalue weighted by Crippen LogP contribution is 2.37. The SMILES string of the molecule is CC[C@@H](C)C1OC(OC(=O)c2ccccc2)C(OC(=O)c2ccccc2)[C@@H](C)[C@@H]1C. The zero-order chi connectivity index (χ0) is 21.7. The van der Waals surface area contributed by atoms with Crippen LogP contribution in [0, 0.1) is 17.8 Å². The van der Waals surface area contributed by atoms with Crippen LogP contribution < -0.4 is 0 Å². The van der Waals surface area contributed by atoms with Gasteiger partial charge in [-0.3, -0.25) is 0 Å². The number of rotatable bonds is 6. The zero-order valence-corrected chi connectivity index (χ0v) is 18.0. The second kappa shape index (κ2) is 9.90. The summed E-state index contributed by atoms with van der Waals surface area (Å²) in [5.41, 5.74) is 0.884. The van der Waals surface area contributed by atoms with Crippen molar-refractivity contribution >= 4 is 11.9 Å². The van der Waals surface area contributed by atoms with E-state index in [2.05, 4.69) is 20.8 Å². The average molecular weight is 411 g/mol. The van der Waals surface area contributed by atoms with Gasteiger partial charge in [0.05, 0.1) is 17.2 Å². The Morgan fingerprint density at radius 2 is 1.37 bits per heavy atom. The second-order valence-corrected chi connectivity index (χ2v) is 8.08. The van der Waals surface area contributed by atoms with E-state index in [9.17, 15) is 9.59 Å². The molecule has 2 aromatic rings. The lowest BCUT2D eigenvalue weighted by molar-refractivity contribution is -0.258. The van der Waals surface area contributed by atoms with Gasteiger partial charge in [0, 0.05) is 5.92 Å². The summed E-state index contributed by atoms with van der Waals surface area (Å²) in [6.07, 6.45) is -0.809. The lowest BCUT2D eigenvalue weighted by atomic mass is 9.78. The van der Waals surface area contributed by atoms with Crippen LogP contribution in [0.25, 0.3) is 0 Å². The molecule has 0 spiro atoms. The number of carbonyl (C=O) groups is 2. The molecule has 3 rings (SSSR count). The lowest BCUT2D eigenvalue weighted by Crippen LogP contribution is -2.54. The van der Waals surface area contributed by atoms with Gasteiger partial charge in [-0.15, -0.1) is 0 Å². The van der Waals surface area contributed by atoms with E-state index in [1.165, 1.54) is 0 Å². The monoisotopic (exact) mass is 410 g/mol. The number of hydrogen-bond donors (Lipinski definition) is 0. The fourth-order valence-electron chi connectivity index (χ4n) is 3.86. The first kappa shape index (κ1) is 22.0. The Morgan fingerprint density at radius 1 is 0.867 bits per heavy atom. The van der Waals surface area contributed by atoms with Crippen molar-refractivity contribution in [1.82, 2.24) is 0 Å². The van der Waals surface area contributed by atoms with Crippen molar-refractivity contribution in [2.75, 3.05) is 0 Å². The van der Waals surface area contributed by atoms with Crippen molar-refractivity contribution in [3.05, 3.63) is 71.8 Å². The van der Waals surface area contributed by atoms with Crippen LogP contribution in [0.4, 0.5) is 0 Å². The first-order valence-electron chi connectivity index (χ1n) is 10.6. The first-order chi connectivity index (χ1) is 14.4. The molecule has 160 valence electrons. The standard InChI is InChI=1S/C25H30O5/c1-5-16(2)21-17(3)18(4)22(28-23(26)19-12-8-6-9-13-19)25(29-21)30-24(27)20-14-10-7-11-15-20/h6-18,21-22,25H,5H2,1-4H3/t16-,17+,18+,21?,22?,25?/m1/s1. The molecule has 0 bridgehead atoms. The van der Waals surface area contributed by atoms with Crippen molar-refractivity contribution in [2.45, 2.75) is 52.6 Å². The maximum absolute atomic E-state index is 12.7. The normalized spacial score (nSPS) is 27.1. The summed E-state index contributed by atoms with van der Waals surface area (Å²) >= 11 is 0. The Kier molecular flexibility index (Phi) is 7.27. The molecule has 0 saturated carbocycles. The fraction of sp³-hybridized carbons (Fsp3) is 0.440. The van der Waals surface area contributed by atoms with Crippen LogP contribution >= 0.6 is 0 Å². The van der Waals surface area contributed by atoms with Crippen molar-refractivity contribution in [1.29, 1.82) is 0 Å². The van der Waals surface area contributed by atoms with Crippen LogP contribution in [0.1, 0.15) is 54.8 Å². The molecule has 5 heteroatoms.